The molecule has 6 heteroatoms. The minimum absolute atomic E-state index is 0.0832. The van der Waals surface area contributed by atoms with Crippen molar-refractivity contribution in [2.75, 3.05) is 16.8 Å². The molecule has 2 aromatic rings. The van der Waals surface area contributed by atoms with Gasteiger partial charge in [-0.05, 0) is 31.9 Å². The molecule has 3 N–H and O–H groups in total. The van der Waals surface area contributed by atoms with Gasteiger partial charge in [0.15, 0.2) is 5.82 Å². The SMILES string of the molecule is Cc1cc(C)c(NC(=O)CSc2nccnc2N)c(C)c1. The molecule has 0 radical (unpaired) electrons. The fraction of sp³-hybridized carbons (Fsp3) is 0.267. The molecule has 0 saturated heterocycles. The van der Waals surface area contributed by atoms with Crippen LogP contribution in [0.4, 0.5) is 11.5 Å². The van der Waals surface area contributed by atoms with Gasteiger partial charge in [0.05, 0.1) is 5.75 Å². The number of anilines is 2. The van der Waals surface area contributed by atoms with Crippen molar-refractivity contribution in [1.82, 2.24) is 9.97 Å². The molecule has 1 aromatic carbocycles. The van der Waals surface area contributed by atoms with Gasteiger partial charge in [0.1, 0.15) is 5.03 Å². The second-order valence-electron chi connectivity index (χ2n) is 4.86. The summed E-state index contributed by atoms with van der Waals surface area (Å²) in [7, 11) is 0. The molecular weight excluding hydrogens is 284 g/mol. The molecule has 0 saturated carbocycles. The second kappa shape index (κ2) is 6.58. The molecule has 2 rings (SSSR count). The van der Waals surface area contributed by atoms with Crippen LogP contribution in [0.2, 0.25) is 0 Å². The highest BCUT2D eigenvalue weighted by Gasteiger charge is 2.10. The summed E-state index contributed by atoms with van der Waals surface area (Å²) in [5.74, 6) is 0.508. The van der Waals surface area contributed by atoms with Gasteiger partial charge in [0.2, 0.25) is 5.91 Å². The smallest absolute Gasteiger partial charge is 0.234 e. The molecule has 5 nitrogen and oxygen atoms in total. The Morgan fingerprint density at radius 3 is 2.43 bits per heavy atom. The van der Waals surface area contributed by atoms with E-state index in [0.29, 0.717) is 10.8 Å². The van der Waals surface area contributed by atoms with Crippen LogP contribution in [0.5, 0.6) is 0 Å². The lowest BCUT2D eigenvalue weighted by molar-refractivity contribution is -0.113. The summed E-state index contributed by atoms with van der Waals surface area (Å²) in [5.41, 5.74) is 9.88. The van der Waals surface area contributed by atoms with Gasteiger partial charge in [-0.15, -0.1) is 0 Å². The van der Waals surface area contributed by atoms with E-state index in [9.17, 15) is 4.79 Å². The Labute approximate surface area is 128 Å². The van der Waals surface area contributed by atoms with Gasteiger partial charge < -0.3 is 11.1 Å². The lowest BCUT2D eigenvalue weighted by Crippen LogP contribution is -2.16. The Morgan fingerprint density at radius 1 is 1.19 bits per heavy atom. The maximum atomic E-state index is 12.1. The third kappa shape index (κ3) is 3.95. The van der Waals surface area contributed by atoms with E-state index < -0.39 is 0 Å². The van der Waals surface area contributed by atoms with Gasteiger partial charge >= 0.3 is 0 Å². The summed E-state index contributed by atoms with van der Waals surface area (Å²) >= 11 is 1.28. The number of aromatic nitrogens is 2. The molecule has 1 amide bonds. The standard InChI is InChI=1S/C15H18N4OS/c1-9-6-10(2)13(11(3)7-9)19-12(20)8-21-15-14(16)17-4-5-18-15/h4-7H,8H2,1-3H3,(H2,16,17)(H,19,20). The summed E-state index contributed by atoms with van der Waals surface area (Å²) in [4.78, 5) is 20.1. The largest absolute Gasteiger partial charge is 0.381 e. The van der Waals surface area contributed by atoms with Crippen molar-refractivity contribution < 1.29 is 4.79 Å². The molecule has 1 aromatic heterocycles. The highest BCUT2D eigenvalue weighted by atomic mass is 32.2. The van der Waals surface area contributed by atoms with E-state index >= 15 is 0 Å². The van der Waals surface area contributed by atoms with Crippen molar-refractivity contribution in [1.29, 1.82) is 0 Å². The molecule has 0 aliphatic rings. The van der Waals surface area contributed by atoms with Crippen LogP contribution in [0.1, 0.15) is 16.7 Å². The summed E-state index contributed by atoms with van der Waals surface area (Å²) in [5, 5.41) is 3.52. The normalized spacial score (nSPS) is 10.4. The van der Waals surface area contributed by atoms with Crippen LogP contribution in [-0.2, 0) is 4.79 Å². The molecule has 0 unspecified atom stereocenters. The molecule has 0 fully saturated rings. The van der Waals surface area contributed by atoms with Crippen molar-refractivity contribution in [3.8, 4) is 0 Å². The molecule has 0 bridgehead atoms. The Balaban J connectivity index is 2.01. The van der Waals surface area contributed by atoms with Gasteiger partial charge in [0.25, 0.3) is 0 Å². The summed E-state index contributed by atoms with van der Waals surface area (Å²) in [6.07, 6.45) is 3.09. The van der Waals surface area contributed by atoms with Crippen molar-refractivity contribution in [2.24, 2.45) is 0 Å². The number of nitrogens with two attached hydrogens (primary N) is 1. The number of carbonyl (C=O) groups excluding carboxylic acids is 1. The van der Waals surface area contributed by atoms with E-state index in [1.54, 1.807) is 6.20 Å². The number of hydrogen-bond donors (Lipinski definition) is 2. The van der Waals surface area contributed by atoms with Crippen LogP contribution >= 0.6 is 11.8 Å². The highest BCUT2D eigenvalue weighted by molar-refractivity contribution is 8.00. The van der Waals surface area contributed by atoms with Crippen molar-refractivity contribution in [3.05, 3.63) is 41.2 Å². The Kier molecular flexibility index (Phi) is 4.80. The van der Waals surface area contributed by atoms with Gasteiger partial charge in [-0.25, -0.2) is 9.97 Å². The number of nitrogens with one attached hydrogen (secondary N) is 1. The zero-order chi connectivity index (χ0) is 15.4. The van der Waals surface area contributed by atoms with Gasteiger partial charge in [-0.3, -0.25) is 4.79 Å². The summed E-state index contributed by atoms with van der Waals surface area (Å²) in [6.45, 7) is 6.02. The number of nitrogens with zero attached hydrogens (tertiary/aromatic N) is 2. The molecule has 0 spiro atoms. The maximum Gasteiger partial charge on any atom is 0.234 e. The Bertz CT molecular complexity index is 649. The molecular formula is C15H18N4OS. The maximum absolute atomic E-state index is 12.1. The van der Waals surface area contributed by atoms with Gasteiger partial charge in [-0.1, -0.05) is 29.5 Å². The van der Waals surface area contributed by atoms with Crippen LogP contribution < -0.4 is 11.1 Å². The van der Waals surface area contributed by atoms with E-state index in [2.05, 4.69) is 27.4 Å². The lowest BCUT2D eigenvalue weighted by Gasteiger charge is -2.12. The van der Waals surface area contributed by atoms with Crippen LogP contribution in [0.15, 0.2) is 29.6 Å². The molecule has 21 heavy (non-hydrogen) atoms. The van der Waals surface area contributed by atoms with Crippen LogP contribution in [0, 0.1) is 20.8 Å². The average Bonchev–Trinajstić information content (AvgIpc) is 2.42. The van der Waals surface area contributed by atoms with Crippen molar-refractivity contribution in [3.63, 3.8) is 0 Å². The number of hydrogen-bond acceptors (Lipinski definition) is 5. The number of nitrogen functional groups attached to an aromatic ring is 1. The van der Waals surface area contributed by atoms with E-state index in [4.69, 9.17) is 5.73 Å². The molecule has 0 aliphatic heterocycles. The average molecular weight is 302 g/mol. The third-order valence-electron chi connectivity index (χ3n) is 2.97. The van der Waals surface area contributed by atoms with Crippen LogP contribution in [0.3, 0.4) is 0 Å². The van der Waals surface area contributed by atoms with Crippen LogP contribution in [-0.4, -0.2) is 21.6 Å². The number of rotatable bonds is 4. The predicted molar refractivity (Wildman–Crippen MR) is 86.5 cm³/mol. The molecule has 110 valence electrons. The minimum Gasteiger partial charge on any atom is -0.381 e. The highest BCUT2D eigenvalue weighted by Crippen LogP contribution is 2.23. The topological polar surface area (TPSA) is 80.9 Å². The van der Waals surface area contributed by atoms with E-state index in [1.807, 2.05) is 20.8 Å². The molecule has 1 heterocycles. The first-order chi connectivity index (χ1) is 9.97. The van der Waals surface area contributed by atoms with E-state index in [-0.39, 0.29) is 11.7 Å². The number of amides is 1. The second-order valence-corrected chi connectivity index (χ2v) is 5.82. The predicted octanol–water partition coefficient (Wildman–Crippen LogP) is 2.71. The zero-order valence-electron chi connectivity index (χ0n) is 12.3. The number of aryl methyl sites for hydroxylation is 3. The van der Waals surface area contributed by atoms with Gasteiger partial charge in [0, 0.05) is 18.1 Å². The first kappa shape index (κ1) is 15.3. The van der Waals surface area contributed by atoms with Crippen LogP contribution in [0.25, 0.3) is 0 Å². The third-order valence-corrected chi connectivity index (χ3v) is 3.97. The van der Waals surface area contributed by atoms with E-state index in [0.717, 1.165) is 16.8 Å². The molecule has 0 atom stereocenters. The lowest BCUT2D eigenvalue weighted by atomic mass is 10.1. The Morgan fingerprint density at radius 2 is 1.81 bits per heavy atom. The monoisotopic (exact) mass is 302 g/mol. The fourth-order valence-electron chi connectivity index (χ4n) is 2.13. The summed E-state index contributed by atoms with van der Waals surface area (Å²) in [6, 6.07) is 4.10. The quantitative estimate of drug-likeness (QED) is 0.849. The first-order valence-corrected chi connectivity index (χ1v) is 7.53. The molecule has 0 aliphatic carbocycles. The number of thioether (sulfide) groups is 1. The number of carbonyl (C=O) groups is 1. The fourth-order valence-corrected chi connectivity index (χ4v) is 2.81. The summed E-state index contributed by atoms with van der Waals surface area (Å²) < 4.78 is 0. The Hall–Kier alpha value is -2.08. The van der Waals surface area contributed by atoms with E-state index in [1.165, 1.54) is 23.5 Å². The minimum atomic E-state index is -0.0832. The van der Waals surface area contributed by atoms with Crippen molar-refractivity contribution >= 4 is 29.2 Å². The van der Waals surface area contributed by atoms with Gasteiger partial charge in [-0.2, -0.15) is 0 Å². The number of benzene rings is 1. The zero-order valence-corrected chi connectivity index (χ0v) is 13.1. The van der Waals surface area contributed by atoms with Crippen molar-refractivity contribution in [2.45, 2.75) is 25.8 Å². The first-order valence-electron chi connectivity index (χ1n) is 6.54.